The molecule has 0 saturated heterocycles. The molecule has 0 aliphatic heterocycles. The van der Waals surface area contributed by atoms with Gasteiger partial charge in [0.2, 0.25) is 17.7 Å². The molecule has 1 aromatic carbocycles. The van der Waals surface area contributed by atoms with E-state index in [1.165, 1.54) is 0 Å². The monoisotopic (exact) mass is 443 g/mol. The zero-order valence-electron chi connectivity index (χ0n) is 19.7. The maximum atomic E-state index is 13.1. The predicted octanol–water partition coefficient (Wildman–Crippen LogP) is 1.85. The van der Waals surface area contributed by atoms with Crippen molar-refractivity contribution in [1.82, 2.24) is 20.9 Å². The Bertz CT molecular complexity index is 921. The van der Waals surface area contributed by atoms with Crippen LogP contribution in [0.5, 0.6) is 0 Å². The Morgan fingerprint density at radius 1 is 0.906 bits per heavy atom. The SMILES string of the molecule is CN[C@@H](Cc1c[nH]c2ccccc12)C(=O)N[C@@H](CC(C)C)C(=O)N[C@@H](CC(C)C)C(N)=O. The van der Waals surface area contributed by atoms with E-state index < -0.39 is 29.9 Å². The summed E-state index contributed by atoms with van der Waals surface area (Å²) in [7, 11) is 1.72. The number of nitrogens with one attached hydrogen (secondary N) is 4. The first kappa shape index (κ1) is 25.4. The van der Waals surface area contributed by atoms with Crippen molar-refractivity contribution in [3.8, 4) is 0 Å². The van der Waals surface area contributed by atoms with Crippen LogP contribution in [0.15, 0.2) is 30.5 Å². The van der Waals surface area contributed by atoms with E-state index >= 15 is 0 Å². The minimum Gasteiger partial charge on any atom is -0.368 e. The number of H-pyrrole nitrogens is 1. The first-order valence-electron chi connectivity index (χ1n) is 11.2. The van der Waals surface area contributed by atoms with Crippen LogP contribution in [-0.2, 0) is 20.8 Å². The number of para-hydroxylation sites is 1. The molecule has 32 heavy (non-hydrogen) atoms. The van der Waals surface area contributed by atoms with Crippen molar-refractivity contribution in [3.63, 3.8) is 0 Å². The van der Waals surface area contributed by atoms with E-state index in [2.05, 4.69) is 20.9 Å². The van der Waals surface area contributed by atoms with E-state index in [9.17, 15) is 14.4 Å². The van der Waals surface area contributed by atoms with E-state index in [0.29, 0.717) is 19.3 Å². The fourth-order valence-corrected chi connectivity index (χ4v) is 3.81. The summed E-state index contributed by atoms with van der Waals surface area (Å²) in [4.78, 5) is 41.0. The number of fused-ring (bicyclic) bond motifs is 1. The summed E-state index contributed by atoms with van der Waals surface area (Å²) < 4.78 is 0. The molecule has 0 radical (unpaired) electrons. The Balaban J connectivity index is 2.12. The van der Waals surface area contributed by atoms with Crippen LogP contribution < -0.4 is 21.7 Å². The van der Waals surface area contributed by atoms with Crippen molar-refractivity contribution in [2.75, 3.05) is 7.05 Å². The van der Waals surface area contributed by atoms with E-state index in [0.717, 1.165) is 16.5 Å². The number of likely N-dealkylation sites (N-methyl/N-ethyl adjacent to an activating group) is 1. The van der Waals surface area contributed by atoms with Crippen LogP contribution >= 0.6 is 0 Å². The van der Waals surface area contributed by atoms with Crippen LogP contribution in [0, 0.1) is 11.8 Å². The smallest absolute Gasteiger partial charge is 0.243 e. The van der Waals surface area contributed by atoms with Crippen LogP contribution in [0.4, 0.5) is 0 Å². The predicted molar refractivity (Wildman–Crippen MR) is 127 cm³/mol. The van der Waals surface area contributed by atoms with Crippen molar-refractivity contribution < 1.29 is 14.4 Å². The number of carbonyl (C=O) groups excluding carboxylic acids is 3. The van der Waals surface area contributed by atoms with Crippen LogP contribution in [0.2, 0.25) is 0 Å². The van der Waals surface area contributed by atoms with Gasteiger partial charge in [-0.3, -0.25) is 14.4 Å². The third kappa shape index (κ3) is 7.09. The summed E-state index contributed by atoms with van der Waals surface area (Å²) in [6.07, 6.45) is 3.28. The molecule has 3 atom stereocenters. The largest absolute Gasteiger partial charge is 0.368 e. The van der Waals surface area contributed by atoms with E-state index in [1.807, 2.05) is 58.2 Å². The molecule has 6 N–H and O–H groups in total. The molecule has 0 unspecified atom stereocenters. The number of rotatable bonds is 12. The highest BCUT2D eigenvalue weighted by atomic mass is 16.2. The zero-order chi connectivity index (χ0) is 23.8. The van der Waals surface area contributed by atoms with Gasteiger partial charge in [0, 0.05) is 17.1 Å². The standard InChI is InChI=1S/C24H37N5O3/c1-14(2)10-19(22(25)30)28-24(32)21(11-15(3)4)29-23(31)20(26-5)12-16-13-27-18-9-7-6-8-17(16)18/h6-9,13-15,19-21,26-27H,10-12H2,1-5H3,(H2,25,30)(H,28,32)(H,29,31)/t19-,20-,21-/m0/s1. The molecule has 0 spiro atoms. The molecular formula is C24H37N5O3. The molecule has 0 aliphatic carbocycles. The van der Waals surface area contributed by atoms with Crippen LogP contribution in [0.1, 0.15) is 46.1 Å². The van der Waals surface area contributed by atoms with Crippen molar-refractivity contribution in [2.45, 2.75) is 65.1 Å². The lowest BCUT2D eigenvalue weighted by atomic mass is 9.99. The average Bonchev–Trinajstić information content (AvgIpc) is 3.13. The Hall–Kier alpha value is -2.87. The summed E-state index contributed by atoms with van der Waals surface area (Å²) in [5, 5.41) is 9.73. The van der Waals surface area contributed by atoms with E-state index in [1.54, 1.807) is 7.05 Å². The van der Waals surface area contributed by atoms with Crippen molar-refractivity contribution in [2.24, 2.45) is 17.6 Å². The number of amides is 3. The number of hydrogen-bond donors (Lipinski definition) is 5. The van der Waals surface area contributed by atoms with Gasteiger partial charge < -0.3 is 26.7 Å². The summed E-state index contributed by atoms with van der Waals surface area (Å²) in [6.45, 7) is 7.87. The Labute approximate surface area is 190 Å². The molecule has 2 aromatic rings. The second-order valence-electron chi connectivity index (χ2n) is 9.19. The van der Waals surface area contributed by atoms with E-state index in [-0.39, 0.29) is 17.7 Å². The lowest BCUT2D eigenvalue weighted by Crippen LogP contribution is -2.56. The van der Waals surface area contributed by atoms with Gasteiger partial charge in [-0.15, -0.1) is 0 Å². The summed E-state index contributed by atoms with van der Waals surface area (Å²) in [6, 6.07) is 5.89. The number of benzene rings is 1. The Morgan fingerprint density at radius 2 is 1.47 bits per heavy atom. The summed E-state index contributed by atoms with van der Waals surface area (Å²) in [5.74, 6) is -0.869. The lowest BCUT2D eigenvalue weighted by molar-refractivity contribution is -0.132. The third-order valence-corrected chi connectivity index (χ3v) is 5.47. The summed E-state index contributed by atoms with van der Waals surface area (Å²) >= 11 is 0. The molecule has 1 aromatic heterocycles. The average molecular weight is 444 g/mol. The van der Waals surface area contributed by atoms with Gasteiger partial charge in [0.25, 0.3) is 0 Å². The van der Waals surface area contributed by atoms with Crippen molar-refractivity contribution in [3.05, 3.63) is 36.0 Å². The zero-order valence-corrected chi connectivity index (χ0v) is 19.7. The second-order valence-corrected chi connectivity index (χ2v) is 9.19. The highest BCUT2D eigenvalue weighted by Crippen LogP contribution is 2.19. The first-order valence-corrected chi connectivity index (χ1v) is 11.2. The molecule has 3 amide bonds. The molecule has 8 nitrogen and oxygen atoms in total. The van der Waals surface area contributed by atoms with Gasteiger partial charge in [-0.1, -0.05) is 45.9 Å². The number of nitrogens with two attached hydrogens (primary N) is 1. The minimum absolute atomic E-state index is 0.171. The molecule has 0 bridgehead atoms. The maximum absolute atomic E-state index is 13.1. The topological polar surface area (TPSA) is 129 Å². The molecule has 0 saturated carbocycles. The molecule has 2 rings (SSSR count). The van der Waals surface area contributed by atoms with E-state index in [4.69, 9.17) is 5.73 Å². The van der Waals surface area contributed by atoms with Gasteiger partial charge in [-0.25, -0.2) is 0 Å². The van der Waals surface area contributed by atoms with Crippen LogP contribution in [-0.4, -0.2) is 47.9 Å². The fourth-order valence-electron chi connectivity index (χ4n) is 3.81. The van der Waals surface area contributed by atoms with Gasteiger partial charge in [0.1, 0.15) is 12.1 Å². The molecule has 8 heteroatoms. The molecule has 0 aliphatic rings. The van der Waals surface area contributed by atoms with Crippen LogP contribution in [0.25, 0.3) is 10.9 Å². The van der Waals surface area contributed by atoms with Crippen molar-refractivity contribution >= 4 is 28.6 Å². The molecular weight excluding hydrogens is 406 g/mol. The Kier molecular flexibility index (Phi) is 9.26. The van der Waals surface area contributed by atoms with Gasteiger partial charge >= 0.3 is 0 Å². The highest BCUT2D eigenvalue weighted by Gasteiger charge is 2.29. The molecule has 0 fully saturated rings. The number of aromatic amines is 1. The fraction of sp³-hybridized carbons (Fsp3) is 0.542. The highest BCUT2D eigenvalue weighted by molar-refractivity contribution is 5.93. The Morgan fingerprint density at radius 3 is 2.06 bits per heavy atom. The minimum atomic E-state index is -0.764. The number of hydrogen-bond acceptors (Lipinski definition) is 4. The number of primary amides is 1. The van der Waals surface area contributed by atoms with Crippen LogP contribution in [0.3, 0.4) is 0 Å². The van der Waals surface area contributed by atoms with Crippen molar-refractivity contribution in [1.29, 1.82) is 0 Å². The summed E-state index contributed by atoms with van der Waals surface area (Å²) in [5.41, 5.74) is 7.50. The normalized spacial score (nSPS) is 14.3. The number of aromatic nitrogens is 1. The molecule has 176 valence electrons. The lowest BCUT2D eigenvalue weighted by Gasteiger charge is -2.25. The number of carbonyl (C=O) groups is 3. The maximum Gasteiger partial charge on any atom is 0.243 e. The van der Waals surface area contributed by atoms with Gasteiger partial charge in [0.15, 0.2) is 0 Å². The quantitative estimate of drug-likeness (QED) is 0.343. The van der Waals surface area contributed by atoms with Gasteiger partial charge in [0.05, 0.1) is 6.04 Å². The van der Waals surface area contributed by atoms with Gasteiger partial charge in [-0.2, -0.15) is 0 Å². The molecule has 1 heterocycles. The second kappa shape index (κ2) is 11.7. The van der Waals surface area contributed by atoms with Gasteiger partial charge in [-0.05, 0) is 49.8 Å². The third-order valence-electron chi connectivity index (χ3n) is 5.47. The first-order chi connectivity index (χ1) is 15.1.